The van der Waals surface area contributed by atoms with Crippen molar-refractivity contribution in [1.29, 1.82) is 0 Å². The van der Waals surface area contributed by atoms with Gasteiger partial charge in [0.1, 0.15) is 0 Å². The van der Waals surface area contributed by atoms with Crippen LogP contribution in [0.15, 0.2) is 29.6 Å². The molecule has 0 radical (unpaired) electrons. The predicted octanol–water partition coefficient (Wildman–Crippen LogP) is 6.60. The molecule has 0 aliphatic heterocycles. The zero-order valence-electron chi connectivity index (χ0n) is 14.0. The molecule has 0 aromatic carbocycles. The first-order valence-electron chi connectivity index (χ1n) is 7.84. The maximum absolute atomic E-state index is 2.40. The summed E-state index contributed by atoms with van der Waals surface area (Å²) in [7, 11) is 0. The van der Waals surface area contributed by atoms with Crippen LogP contribution in [0, 0.1) is 10.8 Å². The van der Waals surface area contributed by atoms with Gasteiger partial charge in [0.05, 0.1) is 0 Å². The molecule has 0 atom stereocenters. The second-order valence-corrected chi connectivity index (χ2v) is 10.3. The van der Waals surface area contributed by atoms with E-state index >= 15 is 0 Å². The van der Waals surface area contributed by atoms with Crippen LogP contribution < -0.4 is 0 Å². The van der Waals surface area contributed by atoms with Gasteiger partial charge in [-0.1, -0.05) is 40.7 Å². The molecule has 0 unspecified atom stereocenters. The third-order valence-electron chi connectivity index (χ3n) is 3.70. The molecule has 0 N–H and O–H groups in total. The Balaban J connectivity index is 1.87. The van der Waals surface area contributed by atoms with Crippen molar-refractivity contribution in [1.82, 2.24) is 0 Å². The van der Waals surface area contributed by atoms with Gasteiger partial charge in [-0.05, 0) is 60.1 Å². The Morgan fingerprint density at radius 2 is 1.57 bits per heavy atom. The van der Waals surface area contributed by atoms with Crippen molar-refractivity contribution in [2.24, 2.45) is 10.8 Å². The van der Waals surface area contributed by atoms with Crippen LogP contribution >= 0.6 is 22.7 Å². The molecule has 0 aliphatic carbocycles. The highest BCUT2D eigenvalue weighted by molar-refractivity contribution is 7.12. The molecule has 2 rings (SSSR count). The molecule has 2 heteroatoms. The lowest BCUT2D eigenvalue weighted by molar-refractivity contribution is 0.336. The Morgan fingerprint density at radius 1 is 0.857 bits per heavy atom. The number of hydrogen-bond acceptors (Lipinski definition) is 2. The third kappa shape index (κ3) is 5.96. The Morgan fingerprint density at radius 3 is 2.19 bits per heavy atom. The van der Waals surface area contributed by atoms with E-state index in [1.54, 1.807) is 4.88 Å². The lowest BCUT2D eigenvalue weighted by atomic mass is 9.83. The molecule has 0 amide bonds. The molecule has 116 valence electrons. The van der Waals surface area contributed by atoms with Crippen LogP contribution in [0.2, 0.25) is 0 Å². The number of rotatable bonds is 6. The van der Waals surface area contributed by atoms with Gasteiger partial charge in [-0.15, -0.1) is 22.7 Å². The Bertz CT molecular complexity index is 538. The molecular formula is C19H28S2. The average Bonchev–Trinajstić information content (AvgIpc) is 2.96. The summed E-state index contributed by atoms with van der Waals surface area (Å²) in [6, 6.07) is 9.09. The van der Waals surface area contributed by atoms with Gasteiger partial charge >= 0.3 is 0 Å². The van der Waals surface area contributed by atoms with E-state index in [9.17, 15) is 0 Å². The largest absolute Gasteiger partial charge is 0.149 e. The van der Waals surface area contributed by atoms with Gasteiger partial charge < -0.3 is 0 Å². The van der Waals surface area contributed by atoms with Crippen LogP contribution in [0.3, 0.4) is 0 Å². The van der Waals surface area contributed by atoms with E-state index in [1.165, 1.54) is 35.4 Å². The molecule has 0 saturated heterocycles. The van der Waals surface area contributed by atoms with Crippen LogP contribution in [0.1, 0.15) is 55.7 Å². The molecule has 0 nitrogen and oxygen atoms in total. The molecule has 0 bridgehead atoms. The first-order valence-corrected chi connectivity index (χ1v) is 9.53. The van der Waals surface area contributed by atoms with E-state index in [0.29, 0.717) is 10.8 Å². The minimum absolute atomic E-state index is 0.388. The quantitative estimate of drug-likeness (QED) is 0.562. The summed E-state index contributed by atoms with van der Waals surface area (Å²) in [5.41, 5.74) is 0.777. The molecule has 0 spiro atoms. The molecule has 0 saturated carbocycles. The number of hydrogen-bond donors (Lipinski definition) is 0. The van der Waals surface area contributed by atoms with Crippen molar-refractivity contribution in [2.75, 3.05) is 0 Å². The lowest BCUT2D eigenvalue weighted by Gasteiger charge is -2.23. The topological polar surface area (TPSA) is 0 Å². The second-order valence-electron chi connectivity index (χ2n) is 8.03. The Labute approximate surface area is 138 Å². The molecular weight excluding hydrogens is 292 g/mol. The number of aryl methyl sites for hydroxylation is 1. The fourth-order valence-corrected chi connectivity index (χ4v) is 4.89. The van der Waals surface area contributed by atoms with E-state index in [-0.39, 0.29) is 0 Å². The molecule has 2 aromatic heterocycles. The van der Waals surface area contributed by atoms with Crippen LogP contribution in [-0.4, -0.2) is 0 Å². The summed E-state index contributed by atoms with van der Waals surface area (Å²) >= 11 is 3.90. The van der Waals surface area contributed by atoms with E-state index < -0.39 is 0 Å². The summed E-state index contributed by atoms with van der Waals surface area (Å²) in [4.78, 5) is 4.60. The summed E-state index contributed by atoms with van der Waals surface area (Å²) in [5.74, 6) is 0. The standard InChI is InChI=1S/C19H28S2/c1-18(2,3)13-17-9-8-15(21-17)10-11-19(4,5)14-16-7-6-12-20-16/h6-9,12H,10-11,13-14H2,1-5H3. The zero-order chi connectivity index (χ0) is 15.5. The van der Waals surface area contributed by atoms with Gasteiger partial charge in [-0.3, -0.25) is 0 Å². The summed E-state index contributed by atoms with van der Waals surface area (Å²) in [6.45, 7) is 11.7. The lowest BCUT2D eigenvalue weighted by Crippen LogP contribution is -2.15. The SMILES string of the molecule is CC(C)(C)Cc1ccc(CCC(C)(C)Cc2cccs2)s1. The van der Waals surface area contributed by atoms with Crippen LogP contribution in [0.4, 0.5) is 0 Å². The molecule has 0 aliphatic rings. The van der Waals surface area contributed by atoms with Gasteiger partial charge in [-0.2, -0.15) is 0 Å². The maximum atomic E-state index is 2.40. The van der Waals surface area contributed by atoms with Gasteiger partial charge in [0, 0.05) is 14.6 Å². The van der Waals surface area contributed by atoms with Crippen molar-refractivity contribution >= 4 is 22.7 Å². The minimum atomic E-state index is 0.388. The highest BCUT2D eigenvalue weighted by atomic mass is 32.1. The van der Waals surface area contributed by atoms with Crippen molar-refractivity contribution in [2.45, 2.75) is 60.3 Å². The third-order valence-corrected chi connectivity index (χ3v) is 5.72. The molecule has 21 heavy (non-hydrogen) atoms. The first kappa shape index (κ1) is 16.8. The van der Waals surface area contributed by atoms with Crippen molar-refractivity contribution < 1.29 is 0 Å². The van der Waals surface area contributed by atoms with Crippen molar-refractivity contribution in [3.63, 3.8) is 0 Å². The smallest absolute Gasteiger partial charge is 0.00533 e. The van der Waals surface area contributed by atoms with Crippen LogP contribution in [0.25, 0.3) is 0 Å². The average molecular weight is 321 g/mol. The van der Waals surface area contributed by atoms with Crippen molar-refractivity contribution in [3.05, 3.63) is 44.3 Å². The maximum Gasteiger partial charge on any atom is 0.00533 e. The van der Waals surface area contributed by atoms with Crippen LogP contribution in [0.5, 0.6) is 0 Å². The van der Waals surface area contributed by atoms with Crippen molar-refractivity contribution in [3.8, 4) is 0 Å². The Hall–Kier alpha value is -0.600. The molecule has 0 fully saturated rings. The summed E-state index contributed by atoms with van der Waals surface area (Å²) < 4.78 is 0. The monoisotopic (exact) mass is 320 g/mol. The second kappa shape index (κ2) is 6.66. The highest BCUT2D eigenvalue weighted by Gasteiger charge is 2.20. The molecule has 2 heterocycles. The fourth-order valence-electron chi connectivity index (χ4n) is 2.61. The minimum Gasteiger partial charge on any atom is -0.149 e. The Kier molecular flexibility index (Phi) is 5.32. The predicted molar refractivity (Wildman–Crippen MR) is 97.6 cm³/mol. The first-order chi connectivity index (χ1) is 9.73. The normalized spacial score (nSPS) is 12.8. The van der Waals surface area contributed by atoms with E-state index in [2.05, 4.69) is 64.3 Å². The zero-order valence-corrected chi connectivity index (χ0v) is 15.7. The van der Waals surface area contributed by atoms with E-state index in [1.807, 2.05) is 22.7 Å². The van der Waals surface area contributed by atoms with Gasteiger partial charge in [0.25, 0.3) is 0 Å². The molecule has 2 aromatic rings. The summed E-state index contributed by atoms with van der Waals surface area (Å²) in [5, 5.41) is 2.18. The van der Waals surface area contributed by atoms with Gasteiger partial charge in [-0.25, -0.2) is 0 Å². The van der Waals surface area contributed by atoms with Gasteiger partial charge in [0.2, 0.25) is 0 Å². The summed E-state index contributed by atoms with van der Waals surface area (Å²) in [6.07, 6.45) is 4.87. The van der Waals surface area contributed by atoms with Crippen LogP contribution in [-0.2, 0) is 19.3 Å². The highest BCUT2D eigenvalue weighted by Crippen LogP contribution is 2.32. The van der Waals surface area contributed by atoms with E-state index in [4.69, 9.17) is 0 Å². The van der Waals surface area contributed by atoms with Gasteiger partial charge in [0.15, 0.2) is 0 Å². The fraction of sp³-hybridized carbons (Fsp3) is 0.579. The number of thiophene rings is 2. The van der Waals surface area contributed by atoms with E-state index in [0.717, 1.165) is 0 Å².